The highest BCUT2D eigenvalue weighted by atomic mass is 35.5. The first-order chi connectivity index (χ1) is 13.7. The number of hydrogen-bond donors (Lipinski definition) is 0. The second-order valence-corrected chi connectivity index (χ2v) is 8.80. The fourth-order valence-corrected chi connectivity index (χ4v) is 5.28. The number of amides is 1. The number of carbonyl (C=O) groups excluding carboxylic acids is 1. The van der Waals surface area contributed by atoms with Crippen LogP contribution >= 0.6 is 34.3 Å². The van der Waals surface area contributed by atoms with Gasteiger partial charge in [0.25, 0.3) is 5.91 Å². The molecule has 1 fully saturated rings. The van der Waals surface area contributed by atoms with Crippen LogP contribution in [0.15, 0.2) is 53.4 Å². The highest BCUT2D eigenvalue weighted by molar-refractivity contribution is 7.15. The second kappa shape index (κ2) is 7.24. The molecule has 1 aliphatic heterocycles. The molecule has 5 rings (SSSR count). The summed E-state index contributed by atoms with van der Waals surface area (Å²) in [7, 11) is 0. The third-order valence-electron chi connectivity index (χ3n) is 4.96. The summed E-state index contributed by atoms with van der Waals surface area (Å²) in [5.41, 5.74) is 2.63. The zero-order chi connectivity index (χ0) is 19.1. The van der Waals surface area contributed by atoms with E-state index in [1.165, 1.54) is 11.3 Å². The molecular weight excluding hydrogens is 412 g/mol. The fourth-order valence-electron chi connectivity index (χ4n) is 3.50. The van der Waals surface area contributed by atoms with Gasteiger partial charge in [-0.15, -0.1) is 22.7 Å². The van der Waals surface area contributed by atoms with Gasteiger partial charge in [0.05, 0.1) is 15.6 Å². The van der Waals surface area contributed by atoms with Gasteiger partial charge in [-0.2, -0.15) is 0 Å². The van der Waals surface area contributed by atoms with E-state index in [4.69, 9.17) is 11.6 Å². The van der Waals surface area contributed by atoms with E-state index in [9.17, 15) is 4.79 Å². The Morgan fingerprint density at radius 1 is 1.04 bits per heavy atom. The lowest BCUT2D eigenvalue weighted by molar-refractivity contribution is 0.0740. The number of rotatable bonds is 3. The second-order valence-electron chi connectivity index (χ2n) is 6.61. The number of benzene rings is 1. The molecule has 0 saturated carbocycles. The monoisotopic (exact) mass is 428 g/mol. The molecule has 0 atom stereocenters. The molecule has 8 heteroatoms. The summed E-state index contributed by atoms with van der Waals surface area (Å²) in [6.45, 7) is 2.89. The highest BCUT2D eigenvalue weighted by Crippen LogP contribution is 2.29. The van der Waals surface area contributed by atoms with Crippen LogP contribution in [0.4, 0.5) is 5.69 Å². The van der Waals surface area contributed by atoms with Crippen LogP contribution in [0.2, 0.25) is 5.02 Å². The van der Waals surface area contributed by atoms with Crippen LogP contribution < -0.4 is 4.90 Å². The minimum absolute atomic E-state index is 0.0557. The number of hydrogen-bond acceptors (Lipinski definition) is 5. The standard InChI is InChI=1S/C20H17ClN4OS2/c21-14-4-1-2-5-16(14)23-7-9-24(10-8-23)19(26)17-13-28-20-22-15(12-25(17)20)18-6-3-11-27-18/h1-6,11-13H,7-10H2. The molecule has 5 nitrogen and oxygen atoms in total. The van der Waals surface area contributed by atoms with Gasteiger partial charge in [-0.1, -0.05) is 29.8 Å². The van der Waals surface area contributed by atoms with Gasteiger partial charge in [0.1, 0.15) is 11.4 Å². The molecule has 0 spiro atoms. The van der Waals surface area contributed by atoms with Crippen LogP contribution in [0.25, 0.3) is 15.5 Å². The highest BCUT2D eigenvalue weighted by Gasteiger charge is 2.25. The van der Waals surface area contributed by atoms with Gasteiger partial charge in [0.15, 0.2) is 4.96 Å². The first kappa shape index (κ1) is 17.7. The van der Waals surface area contributed by atoms with Crippen LogP contribution in [-0.2, 0) is 0 Å². The first-order valence-electron chi connectivity index (χ1n) is 9.00. The number of piperazine rings is 1. The first-order valence-corrected chi connectivity index (χ1v) is 11.1. The maximum Gasteiger partial charge on any atom is 0.271 e. The summed E-state index contributed by atoms with van der Waals surface area (Å²) < 4.78 is 1.92. The van der Waals surface area contributed by atoms with Crippen molar-refractivity contribution in [2.75, 3.05) is 31.1 Å². The number of thiazole rings is 1. The van der Waals surface area contributed by atoms with Crippen molar-refractivity contribution in [3.8, 4) is 10.6 Å². The van der Waals surface area contributed by atoms with Crippen molar-refractivity contribution < 1.29 is 4.79 Å². The van der Waals surface area contributed by atoms with Gasteiger partial charge in [0, 0.05) is 37.8 Å². The van der Waals surface area contributed by atoms with Crippen LogP contribution in [-0.4, -0.2) is 46.4 Å². The topological polar surface area (TPSA) is 40.9 Å². The Labute approximate surface area is 175 Å². The van der Waals surface area contributed by atoms with Crippen molar-refractivity contribution in [2.24, 2.45) is 0 Å². The Morgan fingerprint density at radius 2 is 1.86 bits per heavy atom. The van der Waals surface area contributed by atoms with Gasteiger partial charge < -0.3 is 9.80 Å². The molecule has 1 aromatic carbocycles. The predicted octanol–water partition coefficient (Wildman–Crippen LogP) is 4.74. The van der Waals surface area contributed by atoms with E-state index in [-0.39, 0.29) is 5.91 Å². The Kier molecular flexibility index (Phi) is 4.58. The number of nitrogens with zero attached hydrogens (tertiary/aromatic N) is 4. The van der Waals surface area contributed by atoms with Gasteiger partial charge >= 0.3 is 0 Å². The van der Waals surface area contributed by atoms with Crippen molar-refractivity contribution in [3.05, 3.63) is 64.1 Å². The molecule has 0 aliphatic carbocycles. The average molecular weight is 429 g/mol. The van der Waals surface area contributed by atoms with Crippen LogP contribution in [0.1, 0.15) is 10.5 Å². The maximum absolute atomic E-state index is 13.1. The zero-order valence-electron chi connectivity index (χ0n) is 14.9. The quantitative estimate of drug-likeness (QED) is 0.473. The van der Waals surface area contributed by atoms with E-state index < -0.39 is 0 Å². The largest absolute Gasteiger partial charge is 0.367 e. The molecule has 0 radical (unpaired) electrons. The number of halogens is 1. The fraction of sp³-hybridized carbons (Fsp3) is 0.200. The minimum atomic E-state index is 0.0557. The SMILES string of the molecule is O=C(c1csc2nc(-c3cccs3)cn12)N1CCN(c2ccccc2Cl)CC1. The molecule has 1 aliphatic rings. The zero-order valence-corrected chi connectivity index (χ0v) is 17.3. The molecule has 0 bridgehead atoms. The summed E-state index contributed by atoms with van der Waals surface area (Å²) in [5.74, 6) is 0.0557. The summed E-state index contributed by atoms with van der Waals surface area (Å²) in [6, 6.07) is 11.9. The van der Waals surface area contributed by atoms with E-state index in [0.29, 0.717) is 18.8 Å². The number of thiophene rings is 1. The Balaban J connectivity index is 1.34. The number of anilines is 1. The smallest absolute Gasteiger partial charge is 0.271 e. The molecular formula is C20H17ClN4OS2. The van der Waals surface area contributed by atoms with Gasteiger partial charge in [-0.3, -0.25) is 9.20 Å². The molecule has 28 heavy (non-hydrogen) atoms. The summed E-state index contributed by atoms with van der Waals surface area (Å²) >= 11 is 9.48. The molecule has 0 N–H and O–H groups in total. The van der Waals surface area contributed by atoms with E-state index in [1.54, 1.807) is 11.3 Å². The van der Waals surface area contributed by atoms with Crippen molar-refractivity contribution in [3.63, 3.8) is 0 Å². The van der Waals surface area contributed by atoms with Crippen LogP contribution in [0, 0.1) is 0 Å². The van der Waals surface area contributed by atoms with Crippen LogP contribution in [0.3, 0.4) is 0 Å². The Bertz CT molecular complexity index is 1130. The molecule has 4 aromatic rings. The predicted molar refractivity (Wildman–Crippen MR) is 116 cm³/mol. The molecule has 142 valence electrons. The summed E-state index contributed by atoms with van der Waals surface area (Å²) in [6.07, 6.45) is 1.96. The van der Waals surface area contributed by atoms with Crippen LogP contribution in [0.5, 0.6) is 0 Å². The lowest BCUT2D eigenvalue weighted by atomic mass is 10.2. The van der Waals surface area contributed by atoms with Gasteiger partial charge in [-0.05, 0) is 23.6 Å². The number of imidazole rings is 1. The third kappa shape index (κ3) is 3.09. The van der Waals surface area contributed by atoms with E-state index in [2.05, 4.69) is 9.88 Å². The maximum atomic E-state index is 13.1. The van der Waals surface area contributed by atoms with Crippen molar-refractivity contribution in [2.45, 2.75) is 0 Å². The average Bonchev–Trinajstić information content (AvgIpc) is 3.44. The number of para-hydroxylation sites is 1. The van der Waals surface area contributed by atoms with Crippen molar-refractivity contribution in [1.29, 1.82) is 0 Å². The molecule has 4 heterocycles. The number of carbonyl (C=O) groups is 1. The molecule has 3 aromatic heterocycles. The van der Waals surface area contributed by atoms with Crippen molar-refractivity contribution in [1.82, 2.24) is 14.3 Å². The summed E-state index contributed by atoms with van der Waals surface area (Å²) in [4.78, 5) is 23.9. The summed E-state index contributed by atoms with van der Waals surface area (Å²) in [5, 5.41) is 4.69. The molecule has 0 unspecified atom stereocenters. The third-order valence-corrected chi connectivity index (χ3v) is 7.01. The van der Waals surface area contributed by atoms with E-state index in [1.807, 2.05) is 62.7 Å². The Hall–Kier alpha value is -2.35. The lowest BCUT2D eigenvalue weighted by Gasteiger charge is -2.36. The normalized spacial score (nSPS) is 14.8. The van der Waals surface area contributed by atoms with Crippen molar-refractivity contribution >= 4 is 50.8 Å². The number of fused-ring (bicyclic) bond motifs is 1. The van der Waals surface area contributed by atoms with E-state index in [0.717, 1.165) is 39.3 Å². The minimum Gasteiger partial charge on any atom is -0.367 e. The Morgan fingerprint density at radius 3 is 2.61 bits per heavy atom. The lowest BCUT2D eigenvalue weighted by Crippen LogP contribution is -2.49. The number of aromatic nitrogens is 2. The molecule has 1 amide bonds. The molecule has 1 saturated heterocycles. The van der Waals surface area contributed by atoms with E-state index >= 15 is 0 Å². The van der Waals surface area contributed by atoms with Gasteiger partial charge in [-0.25, -0.2) is 4.98 Å². The van der Waals surface area contributed by atoms with Gasteiger partial charge in [0.2, 0.25) is 0 Å².